The number of hydrogen-bond donors (Lipinski definition) is 1. The van der Waals surface area contributed by atoms with Crippen molar-refractivity contribution in [1.29, 1.82) is 0 Å². The van der Waals surface area contributed by atoms with Crippen molar-refractivity contribution in [3.8, 4) is 0 Å². The van der Waals surface area contributed by atoms with Gasteiger partial charge in [0, 0.05) is 19.5 Å². The van der Waals surface area contributed by atoms with Gasteiger partial charge in [-0.3, -0.25) is 15.0 Å². The summed E-state index contributed by atoms with van der Waals surface area (Å²) in [7, 11) is -1.99. The molecule has 0 spiro atoms. The lowest BCUT2D eigenvalue weighted by Gasteiger charge is -2.29. The molecule has 1 N–H and O–H groups in total. The molecule has 2 amide bonds. The van der Waals surface area contributed by atoms with E-state index in [1.807, 2.05) is 25.1 Å². The SMILES string of the molecule is Cc1ccc2nsc(NN=C3C(=O)N(C)S(=O)(=O)N(C)C3=O)c2c1. The Labute approximate surface area is 141 Å². The number of hydrogen-bond acceptors (Lipinski definition) is 8. The quantitative estimate of drug-likeness (QED) is 0.776. The molecule has 9 nitrogen and oxygen atoms in total. The molecule has 1 aromatic heterocycles. The lowest BCUT2D eigenvalue weighted by Crippen LogP contribution is -2.57. The largest absolute Gasteiger partial charge is 0.330 e. The van der Waals surface area contributed by atoms with Crippen LogP contribution < -0.4 is 5.43 Å². The number of nitrogens with one attached hydrogen (secondary N) is 1. The van der Waals surface area contributed by atoms with Gasteiger partial charge in [0.25, 0.3) is 11.8 Å². The molecule has 0 aliphatic carbocycles. The van der Waals surface area contributed by atoms with Crippen LogP contribution in [0, 0.1) is 6.92 Å². The number of fused-ring (bicyclic) bond motifs is 1. The Balaban J connectivity index is 1.97. The number of hydrazone groups is 1. The van der Waals surface area contributed by atoms with Crippen LogP contribution in [0.4, 0.5) is 5.00 Å². The minimum absolute atomic E-state index is 0.476. The molecular weight excluding hydrogens is 354 g/mol. The molecule has 0 unspecified atom stereocenters. The fraction of sp³-hybridized carbons (Fsp3) is 0.231. The highest BCUT2D eigenvalue weighted by atomic mass is 32.2. The zero-order valence-corrected chi connectivity index (χ0v) is 14.6. The first kappa shape index (κ1) is 16.3. The van der Waals surface area contributed by atoms with E-state index >= 15 is 0 Å². The van der Waals surface area contributed by atoms with Gasteiger partial charge in [0.1, 0.15) is 5.00 Å². The van der Waals surface area contributed by atoms with E-state index in [0.717, 1.165) is 42.1 Å². The van der Waals surface area contributed by atoms with E-state index in [0.29, 0.717) is 13.6 Å². The monoisotopic (exact) mass is 367 g/mol. The van der Waals surface area contributed by atoms with Gasteiger partial charge in [-0.1, -0.05) is 11.6 Å². The van der Waals surface area contributed by atoms with Crippen molar-refractivity contribution in [1.82, 2.24) is 13.0 Å². The van der Waals surface area contributed by atoms with E-state index in [1.165, 1.54) is 0 Å². The lowest BCUT2D eigenvalue weighted by molar-refractivity contribution is -0.125. The molecule has 0 radical (unpaired) electrons. The molecule has 3 rings (SSSR count). The Kier molecular flexibility index (Phi) is 3.76. The molecule has 2 heterocycles. The topological polar surface area (TPSA) is 112 Å². The molecule has 126 valence electrons. The highest BCUT2D eigenvalue weighted by Gasteiger charge is 2.44. The van der Waals surface area contributed by atoms with Gasteiger partial charge in [-0.15, -0.1) is 0 Å². The standard InChI is InChI=1S/C13H13N5O4S2/c1-7-4-5-9-8(6-7)11(23-16-9)15-14-10-12(19)17(2)24(21,22)18(3)13(10)20/h4-6,15H,1-3H3. The van der Waals surface area contributed by atoms with Gasteiger partial charge in [0.2, 0.25) is 5.71 Å². The summed E-state index contributed by atoms with van der Waals surface area (Å²) in [5, 5.41) is 5.18. The summed E-state index contributed by atoms with van der Waals surface area (Å²) in [4.78, 5) is 24.2. The van der Waals surface area contributed by atoms with Crippen LogP contribution in [-0.2, 0) is 19.8 Å². The maximum Gasteiger partial charge on any atom is 0.330 e. The van der Waals surface area contributed by atoms with Crippen molar-refractivity contribution in [3.63, 3.8) is 0 Å². The fourth-order valence-corrected chi connectivity index (χ4v) is 3.78. The molecule has 11 heteroatoms. The normalized spacial score (nSPS) is 17.5. The third-order valence-electron chi connectivity index (χ3n) is 3.57. The molecule has 0 atom stereocenters. The van der Waals surface area contributed by atoms with E-state index in [4.69, 9.17) is 0 Å². The number of anilines is 1. The minimum Gasteiger partial charge on any atom is -0.266 e. The van der Waals surface area contributed by atoms with E-state index in [-0.39, 0.29) is 0 Å². The minimum atomic E-state index is -4.13. The number of carbonyl (C=O) groups excluding carboxylic acids is 2. The Morgan fingerprint density at radius 1 is 1.17 bits per heavy atom. The van der Waals surface area contributed by atoms with Gasteiger partial charge in [-0.2, -0.15) is 17.9 Å². The van der Waals surface area contributed by atoms with Crippen LogP contribution in [0.15, 0.2) is 23.3 Å². The predicted molar refractivity (Wildman–Crippen MR) is 89.9 cm³/mol. The smallest absolute Gasteiger partial charge is 0.266 e. The number of benzene rings is 1. The van der Waals surface area contributed by atoms with Crippen LogP contribution in [0.5, 0.6) is 0 Å². The summed E-state index contributed by atoms with van der Waals surface area (Å²) in [6, 6.07) is 5.67. The van der Waals surface area contributed by atoms with Gasteiger partial charge in [0.05, 0.1) is 5.52 Å². The second-order valence-corrected chi connectivity index (χ2v) is 7.92. The number of aromatic nitrogens is 1. The van der Waals surface area contributed by atoms with E-state index in [1.54, 1.807) is 0 Å². The average Bonchev–Trinajstić information content (AvgIpc) is 2.94. The van der Waals surface area contributed by atoms with Gasteiger partial charge in [-0.05, 0) is 30.6 Å². The van der Waals surface area contributed by atoms with Crippen LogP contribution in [0.3, 0.4) is 0 Å². The molecule has 1 saturated heterocycles. The fourth-order valence-electron chi connectivity index (χ4n) is 2.12. The van der Waals surface area contributed by atoms with Crippen LogP contribution in [0.2, 0.25) is 0 Å². The number of rotatable bonds is 2. The first-order valence-electron chi connectivity index (χ1n) is 6.74. The van der Waals surface area contributed by atoms with Crippen LogP contribution >= 0.6 is 11.5 Å². The molecule has 1 aliphatic rings. The van der Waals surface area contributed by atoms with Crippen LogP contribution in [-0.4, -0.2) is 53.0 Å². The summed E-state index contributed by atoms with van der Waals surface area (Å²) < 4.78 is 28.9. The molecule has 2 aromatic rings. The van der Waals surface area contributed by atoms with Gasteiger partial charge < -0.3 is 0 Å². The van der Waals surface area contributed by atoms with Crippen molar-refractivity contribution < 1.29 is 18.0 Å². The van der Waals surface area contributed by atoms with Crippen molar-refractivity contribution in [3.05, 3.63) is 23.8 Å². The van der Waals surface area contributed by atoms with Crippen LogP contribution in [0.25, 0.3) is 10.9 Å². The Bertz CT molecular complexity index is 965. The Hall–Kier alpha value is -2.53. The molecular formula is C13H13N5O4S2. The molecule has 0 bridgehead atoms. The van der Waals surface area contributed by atoms with E-state index < -0.39 is 27.7 Å². The van der Waals surface area contributed by atoms with E-state index in [9.17, 15) is 18.0 Å². The number of amides is 2. The highest BCUT2D eigenvalue weighted by molar-refractivity contribution is 7.88. The number of aryl methyl sites for hydroxylation is 1. The first-order valence-corrected chi connectivity index (χ1v) is 8.91. The number of carbonyl (C=O) groups is 2. The Morgan fingerprint density at radius 2 is 1.79 bits per heavy atom. The second kappa shape index (κ2) is 5.53. The van der Waals surface area contributed by atoms with Crippen molar-refractivity contribution in [2.24, 2.45) is 5.10 Å². The van der Waals surface area contributed by atoms with Crippen molar-refractivity contribution in [2.45, 2.75) is 6.92 Å². The maximum atomic E-state index is 12.1. The van der Waals surface area contributed by atoms with E-state index in [2.05, 4.69) is 14.9 Å². The third kappa shape index (κ3) is 2.41. The summed E-state index contributed by atoms with van der Waals surface area (Å²) in [5.41, 5.74) is 3.92. The second-order valence-electron chi connectivity index (χ2n) is 5.16. The summed E-state index contributed by atoms with van der Waals surface area (Å²) in [6.45, 7) is 1.93. The van der Waals surface area contributed by atoms with Crippen molar-refractivity contribution >= 4 is 55.2 Å². The third-order valence-corrected chi connectivity index (χ3v) is 6.07. The Morgan fingerprint density at radius 3 is 2.42 bits per heavy atom. The summed E-state index contributed by atoms with van der Waals surface area (Å²) in [6.07, 6.45) is 0. The van der Waals surface area contributed by atoms with Crippen LogP contribution in [0.1, 0.15) is 5.56 Å². The zero-order valence-electron chi connectivity index (χ0n) is 13.0. The highest BCUT2D eigenvalue weighted by Crippen LogP contribution is 2.28. The first-order chi connectivity index (χ1) is 11.2. The van der Waals surface area contributed by atoms with Gasteiger partial charge in [0.15, 0.2) is 0 Å². The molecule has 1 fully saturated rings. The molecule has 24 heavy (non-hydrogen) atoms. The predicted octanol–water partition coefficient (Wildman–Crippen LogP) is 0.548. The molecule has 1 aromatic carbocycles. The molecule has 0 saturated carbocycles. The molecule has 1 aliphatic heterocycles. The van der Waals surface area contributed by atoms with Gasteiger partial charge >= 0.3 is 10.2 Å². The summed E-state index contributed by atoms with van der Waals surface area (Å²) in [5.74, 6) is -1.98. The van der Waals surface area contributed by atoms with Gasteiger partial charge in [-0.25, -0.2) is 8.61 Å². The summed E-state index contributed by atoms with van der Waals surface area (Å²) >= 11 is 1.13. The number of nitrogens with zero attached hydrogens (tertiary/aromatic N) is 4. The maximum absolute atomic E-state index is 12.1. The van der Waals surface area contributed by atoms with Crippen molar-refractivity contribution in [2.75, 3.05) is 19.5 Å². The zero-order chi connectivity index (χ0) is 17.6. The average molecular weight is 367 g/mol. The lowest BCUT2D eigenvalue weighted by atomic mass is 10.2.